The number of aromatic nitrogens is 5. The van der Waals surface area contributed by atoms with Crippen molar-refractivity contribution in [2.24, 2.45) is 11.8 Å². The Morgan fingerprint density at radius 1 is 1.14 bits per heavy atom. The summed E-state index contributed by atoms with van der Waals surface area (Å²) >= 11 is 0. The molecule has 0 aliphatic heterocycles. The molecule has 7 heteroatoms. The lowest BCUT2D eigenvalue weighted by atomic mass is 9.58. The van der Waals surface area contributed by atoms with E-state index in [-0.39, 0.29) is 23.3 Å². The Hall–Kier alpha value is -4.44. The van der Waals surface area contributed by atoms with Gasteiger partial charge >= 0.3 is 0 Å². The lowest BCUT2D eigenvalue weighted by Gasteiger charge is -2.45. The Bertz CT molecular complexity index is 1600. The smallest absolute Gasteiger partial charge is 0.226 e. The first-order chi connectivity index (χ1) is 17.9. The maximum Gasteiger partial charge on any atom is 0.226 e. The number of benzene rings is 1. The van der Waals surface area contributed by atoms with Gasteiger partial charge in [-0.1, -0.05) is 38.1 Å². The van der Waals surface area contributed by atoms with Gasteiger partial charge in [-0.3, -0.25) is 4.98 Å². The van der Waals surface area contributed by atoms with E-state index in [1.54, 1.807) is 12.4 Å². The Labute approximate surface area is 215 Å². The van der Waals surface area contributed by atoms with Gasteiger partial charge in [-0.2, -0.15) is 15.3 Å². The van der Waals surface area contributed by atoms with Crippen LogP contribution in [0.3, 0.4) is 0 Å². The summed E-state index contributed by atoms with van der Waals surface area (Å²) in [5, 5.41) is 13.3. The zero-order chi connectivity index (χ0) is 25.7. The van der Waals surface area contributed by atoms with E-state index in [2.05, 4.69) is 51.2 Å². The van der Waals surface area contributed by atoms with E-state index in [0.717, 1.165) is 58.0 Å². The number of ketones is 1. The summed E-state index contributed by atoms with van der Waals surface area (Å²) in [6.45, 7) is 13.7. The first-order valence-corrected chi connectivity index (χ1v) is 12.5. The largest absolute Gasteiger partial charge is 0.308 e. The molecule has 0 amide bonds. The number of allylic oxidation sites excluding steroid dienone is 2. The van der Waals surface area contributed by atoms with E-state index in [0.29, 0.717) is 0 Å². The number of hydrogen-bond acceptors (Lipinski definition) is 5. The molecule has 0 fully saturated rings. The summed E-state index contributed by atoms with van der Waals surface area (Å²) in [5.74, 6) is -0.184. The molecule has 0 saturated carbocycles. The van der Waals surface area contributed by atoms with E-state index < -0.39 is 5.41 Å². The van der Waals surface area contributed by atoms with Crippen molar-refractivity contribution in [3.63, 3.8) is 0 Å². The third-order valence-electron chi connectivity index (χ3n) is 7.93. The zero-order valence-electron chi connectivity index (χ0n) is 21.0. The second-order valence-corrected chi connectivity index (χ2v) is 10.2. The molecule has 0 spiro atoms. The van der Waals surface area contributed by atoms with Crippen LogP contribution in [0.15, 0.2) is 72.7 Å². The van der Waals surface area contributed by atoms with Crippen molar-refractivity contribution in [1.82, 2.24) is 25.0 Å². The van der Waals surface area contributed by atoms with Crippen molar-refractivity contribution in [2.45, 2.75) is 39.0 Å². The molecule has 1 aromatic carbocycles. The summed E-state index contributed by atoms with van der Waals surface area (Å²) in [6.07, 6.45) is 7.11. The molecule has 7 nitrogen and oxygen atoms in total. The average molecular weight is 487 g/mol. The van der Waals surface area contributed by atoms with Gasteiger partial charge in [0.1, 0.15) is 5.69 Å². The molecule has 3 aromatic heterocycles. The predicted octanol–water partition coefficient (Wildman–Crippen LogP) is 5.54. The van der Waals surface area contributed by atoms with Crippen LogP contribution in [-0.4, -0.2) is 30.7 Å². The molecule has 0 radical (unpaired) electrons. The maximum atomic E-state index is 12.9. The van der Waals surface area contributed by atoms with Crippen LogP contribution in [0.1, 0.15) is 37.2 Å². The quantitative estimate of drug-likeness (QED) is 0.355. The van der Waals surface area contributed by atoms with Gasteiger partial charge in [0.25, 0.3) is 0 Å². The van der Waals surface area contributed by atoms with Crippen LogP contribution in [0, 0.1) is 25.3 Å². The minimum atomic E-state index is -0.508. The number of rotatable bonds is 3. The number of hydrogen-bond donors (Lipinski definition) is 0. The molecule has 3 heterocycles. The number of pyridine rings is 1. The van der Waals surface area contributed by atoms with Crippen molar-refractivity contribution < 1.29 is 4.79 Å². The van der Waals surface area contributed by atoms with Gasteiger partial charge < -0.3 is 4.79 Å². The maximum absolute atomic E-state index is 12.9. The van der Waals surface area contributed by atoms with Gasteiger partial charge in [0.2, 0.25) is 5.70 Å². The van der Waals surface area contributed by atoms with Crippen molar-refractivity contribution in [1.29, 1.82) is 0 Å². The first-order valence-electron chi connectivity index (χ1n) is 12.5. The summed E-state index contributed by atoms with van der Waals surface area (Å²) in [6, 6.07) is 16.1. The normalized spacial score (nSPS) is 22.5. The topological polar surface area (TPSA) is 77.9 Å². The number of carbonyl (C=O) groups excluding carboxylic acids is 1. The standard InChI is InChI=1S/C30H26N6O/c1-18-15-21(17-33-34-18)20-8-10-22(11-9-20)36-29-23(27(35-36)25-7-5-6-14-32-25)12-13-24-19(2)28(37)26(31-4)16-30(24,29)3/h5-11,14-17,19,24H,12-13H2,1-3H3/t19-,24-,30-/m1/s1. The van der Waals surface area contributed by atoms with Crippen LogP contribution in [-0.2, 0) is 16.6 Å². The Kier molecular flexibility index (Phi) is 5.34. The highest BCUT2D eigenvalue weighted by Gasteiger charge is 2.50. The van der Waals surface area contributed by atoms with Gasteiger partial charge in [0.15, 0.2) is 5.78 Å². The Morgan fingerprint density at radius 2 is 1.95 bits per heavy atom. The van der Waals surface area contributed by atoms with Gasteiger partial charge in [0, 0.05) is 28.7 Å². The lowest BCUT2D eigenvalue weighted by molar-refractivity contribution is -0.121. The molecule has 182 valence electrons. The molecule has 2 aliphatic carbocycles. The van der Waals surface area contributed by atoms with Crippen LogP contribution in [0.4, 0.5) is 0 Å². The summed E-state index contributed by atoms with van der Waals surface area (Å²) < 4.78 is 2.01. The second kappa shape index (κ2) is 8.59. The Balaban J connectivity index is 1.56. The van der Waals surface area contributed by atoms with Crippen molar-refractivity contribution >= 4 is 5.78 Å². The molecular formula is C30H26N6O. The highest BCUT2D eigenvalue weighted by molar-refractivity contribution is 6.00. The fraction of sp³-hybridized carbons (Fsp3) is 0.267. The fourth-order valence-electron chi connectivity index (χ4n) is 6.14. The number of nitrogens with zero attached hydrogens (tertiary/aromatic N) is 6. The van der Waals surface area contributed by atoms with Crippen LogP contribution < -0.4 is 0 Å². The van der Waals surface area contributed by atoms with E-state index in [9.17, 15) is 4.79 Å². The molecule has 0 unspecified atom stereocenters. The van der Waals surface area contributed by atoms with Gasteiger partial charge in [0.05, 0.1) is 35.5 Å². The number of fused-ring (bicyclic) bond motifs is 3. The van der Waals surface area contributed by atoms with Crippen LogP contribution in [0.25, 0.3) is 33.0 Å². The molecule has 0 N–H and O–H groups in total. The molecule has 3 atom stereocenters. The van der Waals surface area contributed by atoms with Crippen molar-refractivity contribution in [3.05, 3.63) is 101 Å². The second-order valence-electron chi connectivity index (χ2n) is 10.2. The van der Waals surface area contributed by atoms with Crippen molar-refractivity contribution in [3.8, 4) is 28.2 Å². The van der Waals surface area contributed by atoms with E-state index in [1.165, 1.54) is 0 Å². The van der Waals surface area contributed by atoms with E-state index in [4.69, 9.17) is 11.7 Å². The van der Waals surface area contributed by atoms with Crippen LogP contribution in [0.2, 0.25) is 0 Å². The zero-order valence-corrected chi connectivity index (χ0v) is 21.0. The summed E-state index contributed by atoms with van der Waals surface area (Å²) in [7, 11) is 0. The molecule has 6 rings (SSSR count). The van der Waals surface area contributed by atoms with Crippen molar-refractivity contribution in [2.75, 3.05) is 0 Å². The molecule has 37 heavy (non-hydrogen) atoms. The van der Waals surface area contributed by atoms with Gasteiger partial charge in [-0.05, 0) is 61.6 Å². The van der Waals surface area contributed by atoms with E-state index in [1.807, 2.05) is 48.9 Å². The Morgan fingerprint density at radius 3 is 2.65 bits per heavy atom. The third-order valence-corrected chi connectivity index (χ3v) is 7.93. The molecule has 2 aliphatic rings. The number of Topliss-reactive ketones (excluding diaryl/α,β-unsaturated/α-hetero) is 1. The van der Waals surface area contributed by atoms with Gasteiger partial charge in [-0.15, -0.1) is 0 Å². The third kappa shape index (κ3) is 3.60. The number of aryl methyl sites for hydroxylation is 1. The monoisotopic (exact) mass is 486 g/mol. The predicted molar refractivity (Wildman–Crippen MR) is 141 cm³/mol. The lowest BCUT2D eigenvalue weighted by Crippen LogP contribution is -2.46. The SMILES string of the molecule is [C-]#[N+]C1=C[C@@]2(C)c3c(c(-c4ccccn4)nn3-c3ccc(-c4cnnc(C)c4)cc3)CC[C@@H]2[C@@H](C)C1=O. The van der Waals surface area contributed by atoms with E-state index >= 15 is 0 Å². The molecular weight excluding hydrogens is 460 g/mol. The minimum absolute atomic E-state index is 0.0532. The fourth-order valence-corrected chi connectivity index (χ4v) is 6.14. The highest BCUT2D eigenvalue weighted by atomic mass is 16.1. The number of carbonyl (C=O) groups is 1. The average Bonchev–Trinajstić information content (AvgIpc) is 3.32. The minimum Gasteiger partial charge on any atom is -0.308 e. The van der Waals surface area contributed by atoms with Crippen LogP contribution >= 0.6 is 0 Å². The molecule has 4 aromatic rings. The van der Waals surface area contributed by atoms with Gasteiger partial charge in [-0.25, -0.2) is 9.53 Å². The highest BCUT2D eigenvalue weighted by Crippen LogP contribution is 2.52. The molecule has 0 bridgehead atoms. The summed E-state index contributed by atoms with van der Waals surface area (Å²) in [4.78, 5) is 21.1. The van der Waals surface area contributed by atoms with Crippen LogP contribution in [0.5, 0.6) is 0 Å². The first kappa shape index (κ1) is 23.0. The summed E-state index contributed by atoms with van der Waals surface area (Å²) in [5.41, 5.74) is 7.41. The molecule has 0 saturated heterocycles.